The van der Waals surface area contributed by atoms with E-state index in [-0.39, 0.29) is 24.3 Å². The third-order valence-electron chi connectivity index (χ3n) is 3.85. The smallest absolute Gasteiger partial charge is 0.242 e. The summed E-state index contributed by atoms with van der Waals surface area (Å²) in [6, 6.07) is -0.240. The SMILES string of the molecule is CC(=O)c1c(C)nn(CC(=O)N[C@H](C)c2cn3ncsc3n2)c1C. The van der Waals surface area contributed by atoms with Gasteiger partial charge in [0.1, 0.15) is 12.1 Å². The fourth-order valence-electron chi connectivity index (χ4n) is 2.72. The molecule has 0 aliphatic rings. The van der Waals surface area contributed by atoms with Gasteiger partial charge in [-0.3, -0.25) is 14.3 Å². The highest BCUT2D eigenvalue weighted by atomic mass is 32.1. The van der Waals surface area contributed by atoms with Crippen molar-refractivity contribution in [1.29, 1.82) is 0 Å². The minimum Gasteiger partial charge on any atom is -0.346 e. The number of amides is 1. The molecule has 3 aromatic heterocycles. The quantitative estimate of drug-likeness (QED) is 0.709. The van der Waals surface area contributed by atoms with Gasteiger partial charge in [-0.2, -0.15) is 10.2 Å². The number of carbonyl (C=O) groups is 2. The van der Waals surface area contributed by atoms with Crippen molar-refractivity contribution < 1.29 is 9.59 Å². The maximum atomic E-state index is 12.3. The number of imidazole rings is 1. The predicted octanol–water partition coefficient (Wildman–Crippen LogP) is 1.68. The van der Waals surface area contributed by atoms with Crippen LogP contribution in [0.2, 0.25) is 0 Å². The summed E-state index contributed by atoms with van der Waals surface area (Å²) in [6.07, 6.45) is 1.80. The highest BCUT2D eigenvalue weighted by Crippen LogP contribution is 2.16. The second-order valence-corrected chi connectivity index (χ2v) is 6.49. The molecule has 0 saturated heterocycles. The molecule has 3 rings (SSSR count). The van der Waals surface area contributed by atoms with Gasteiger partial charge in [0.05, 0.1) is 29.2 Å². The fourth-order valence-corrected chi connectivity index (χ4v) is 3.33. The molecule has 3 aromatic rings. The van der Waals surface area contributed by atoms with Gasteiger partial charge in [-0.25, -0.2) is 9.50 Å². The van der Waals surface area contributed by atoms with Crippen molar-refractivity contribution >= 4 is 28.0 Å². The summed E-state index contributed by atoms with van der Waals surface area (Å²) in [4.78, 5) is 29.1. The molecule has 0 spiro atoms. The number of nitrogens with zero attached hydrogens (tertiary/aromatic N) is 5. The molecular weight excluding hydrogens is 328 g/mol. The average Bonchev–Trinajstić information content (AvgIpc) is 3.12. The zero-order chi connectivity index (χ0) is 17.4. The third kappa shape index (κ3) is 2.94. The monoisotopic (exact) mass is 346 g/mol. The largest absolute Gasteiger partial charge is 0.346 e. The van der Waals surface area contributed by atoms with Gasteiger partial charge in [0.25, 0.3) is 0 Å². The molecule has 3 heterocycles. The number of nitrogens with one attached hydrogen (secondary N) is 1. The first-order chi connectivity index (χ1) is 11.4. The molecule has 0 aliphatic heterocycles. The highest BCUT2D eigenvalue weighted by Gasteiger charge is 2.19. The van der Waals surface area contributed by atoms with Crippen LogP contribution < -0.4 is 5.32 Å². The molecule has 0 saturated carbocycles. The number of ketones is 1. The van der Waals surface area contributed by atoms with Gasteiger partial charge < -0.3 is 5.32 Å². The lowest BCUT2D eigenvalue weighted by Crippen LogP contribution is -2.31. The molecule has 0 aromatic carbocycles. The number of aryl methyl sites for hydroxylation is 1. The van der Waals surface area contributed by atoms with Gasteiger partial charge in [-0.05, 0) is 27.7 Å². The lowest BCUT2D eigenvalue weighted by atomic mass is 10.1. The van der Waals surface area contributed by atoms with Crippen LogP contribution in [-0.4, -0.2) is 36.1 Å². The first-order valence-corrected chi connectivity index (χ1v) is 8.38. The normalized spacial score (nSPS) is 12.5. The lowest BCUT2D eigenvalue weighted by Gasteiger charge is -2.12. The lowest BCUT2D eigenvalue weighted by molar-refractivity contribution is -0.122. The van der Waals surface area contributed by atoms with Crippen molar-refractivity contribution in [3.63, 3.8) is 0 Å². The number of rotatable bonds is 5. The molecule has 0 radical (unpaired) electrons. The molecule has 0 aliphatic carbocycles. The van der Waals surface area contributed by atoms with Crippen LogP contribution in [0.15, 0.2) is 11.7 Å². The molecule has 24 heavy (non-hydrogen) atoms. The van der Waals surface area contributed by atoms with Crippen LogP contribution in [0.1, 0.15) is 47.3 Å². The first kappa shape index (κ1) is 16.3. The summed E-state index contributed by atoms with van der Waals surface area (Å²) in [5.41, 5.74) is 4.39. The van der Waals surface area contributed by atoms with Crippen LogP contribution in [0.4, 0.5) is 0 Å². The van der Waals surface area contributed by atoms with Crippen LogP contribution in [0, 0.1) is 13.8 Å². The van der Waals surface area contributed by atoms with Crippen LogP contribution in [0.5, 0.6) is 0 Å². The van der Waals surface area contributed by atoms with Gasteiger partial charge in [-0.15, -0.1) is 0 Å². The summed E-state index contributed by atoms with van der Waals surface area (Å²) >= 11 is 1.44. The third-order valence-corrected chi connectivity index (χ3v) is 4.54. The Morgan fingerprint density at radius 3 is 2.75 bits per heavy atom. The zero-order valence-electron chi connectivity index (χ0n) is 13.9. The van der Waals surface area contributed by atoms with Crippen molar-refractivity contribution in [2.45, 2.75) is 40.3 Å². The molecule has 1 N–H and O–H groups in total. The maximum absolute atomic E-state index is 12.3. The Balaban J connectivity index is 1.70. The Labute approximate surface area is 142 Å². The molecule has 8 nitrogen and oxygen atoms in total. The first-order valence-electron chi connectivity index (χ1n) is 7.50. The molecule has 126 valence electrons. The van der Waals surface area contributed by atoms with E-state index in [2.05, 4.69) is 20.5 Å². The van der Waals surface area contributed by atoms with Crippen LogP contribution in [0.25, 0.3) is 4.96 Å². The van der Waals surface area contributed by atoms with Crippen LogP contribution in [-0.2, 0) is 11.3 Å². The Hall–Kier alpha value is -2.55. The van der Waals surface area contributed by atoms with E-state index in [0.29, 0.717) is 17.0 Å². The summed E-state index contributed by atoms with van der Waals surface area (Å²) in [6.45, 7) is 6.99. The van der Waals surface area contributed by atoms with E-state index in [0.717, 1.165) is 10.7 Å². The van der Waals surface area contributed by atoms with Crippen molar-refractivity contribution in [3.8, 4) is 0 Å². The molecule has 1 atom stereocenters. The zero-order valence-corrected chi connectivity index (χ0v) is 14.7. The number of fused-ring (bicyclic) bond motifs is 1. The topological polar surface area (TPSA) is 94.2 Å². The summed E-state index contributed by atoms with van der Waals surface area (Å²) in [5.74, 6) is -0.233. The minimum atomic E-state index is -0.240. The molecule has 0 fully saturated rings. The average molecular weight is 346 g/mol. The summed E-state index contributed by atoms with van der Waals surface area (Å²) in [7, 11) is 0. The highest BCUT2D eigenvalue weighted by molar-refractivity contribution is 7.14. The fraction of sp³-hybridized carbons (Fsp3) is 0.400. The van der Waals surface area contributed by atoms with Gasteiger partial charge in [-0.1, -0.05) is 11.3 Å². The second kappa shape index (κ2) is 6.16. The molecule has 0 unspecified atom stereocenters. The maximum Gasteiger partial charge on any atom is 0.242 e. The van der Waals surface area contributed by atoms with E-state index in [1.165, 1.54) is 18.3 Å². The minimum absolute atomic E-state index is 0.0457. The summed E-state index contributed by atoms with van der Waals surface area (Å²) in [5, 5.41) is 11.3. The van der Waals surface area contributed by atoms with Crippen molar-refractivity contribution in [2.75, 3.05) is 0 Å². The van der Waals surface area contributed by atoms with E-state index >= 15 is 0 Å². The summed E-state index contributed by atoms with van der Waals surface area (Å²) < 4.78 is 3.24. The Bertz CT molecular complexity index is 893. The number of aromatic nitrogens is 5. The Morgan fingerprint density at radius 2 is 2.12 bits per heavy atom. The molecule has 9 heteroatoms. The number of hydrogen-bond donors (Lipinski definition) is 1. The van der Waals surface area contributed by atoms with Gasteiger partial charge in [0.15, 0.2) is 5.78 Å². The molecular formula is C15H18N6O2S. The van der Waals surface area contributed by atoms with Crippen molar-refractivity contribution in [2.24, 2.45) is 0 Å². The van der Waals surface area contributed by atoms with Gasteiger partial charge in [0.2, 0.25) is 10.9 Å². The molecule has 0 bridgehead atoms. The van der Waals surface area contributed by atoms with Gasteiger partial charge in [0, 0.05) is 5.69 Å². The van der Waals surface area contributed by atoms with Crippen molar-refractivity contribution in [3.05, 3.63) is 34.4 Å². The van der Waals surface area contributed by atoms with E-state index < -0.39 is 0 Å². The number of hydrogen-bond acceptors (Lipinski definition) is 6. The Morgan fingerprint density at radius 1 is 1.38 bits per heavy atom. The molecule has 1 amide bonds. The van der Waals surface area contributed by atoms with Gasteiger partial charge >= 0.3 is 0 Å². The number of Topliss-reactive ketones (excluding diaryl/α,β-unsaturated/α-hetero) is 1. The van der Waals surface area contributed by atoms with Crippen LogP contribution >= 0.6 is 11.3 Å². The van der Waals surface area contributed by atoms with Crippen molar-refractivity contribution in [1.82, 2.24) is 29.7 Å². The number of carbonyl (C=O) groups excluding carboxylic acids is 2. The predicted molar refractivity (Wildman–Crippen MR) is 89.1 cm³/mol. The van der Waals surface area contributed by atoms with E-state index in [1.54, 1.807) is 34.8 Å². The van der Waals surface area contributed by atoms with Crippen LogP contribution in [0.3, 0.4) is 0 Å². The van der Waals surface area contributed by atoms with E-state index in [1.807, 2.05) is 6.92 Å². The second-order valence-electron chi connectivity index (χ2n) is 5.68. The van der Waals surface area contributed by atoms with E-state index in [4.69, 9.17) is 0 Å². The Kier molecular flexibility index (Phi) is 4.18. The van der Waals surface area contributed by atoms with E-state index in [9.17, 15) is 9.59 Å². The standard InChI is InChI=1S/C15H18N6O2S/c1-8(12-5-21-15(18-12)24-7-16-21)17-13(23)6-20-10(3)14(11(4)22)9(2)19-20/h5,7-8H,6H2,1-4H3,(H,17,23)/t8-/m1/s1.